The maximum atomic E-state index is 11.3. The van der Waals surface area contributed by atoms with Gasteiger partial charge >= 0.3 is 16.1 Å². The van der Waals surface area contributed by atoms with Crippen LogP contribution in [0.1, 0.15) is 11.6 Å². The highest BCUT2D eigenvalue weighted by molar-refractivity contribution is 7.86. The number of nitrogens with zero attached hydrogens (tertiary/aromatic N) is 1. The van der Waals surface area contributed by atoms with Crippen molar-refractivity contribution in [1.82, 2.24) is 4.57 Å². The number of aliphatic carboxylic acids is 1. The van der Waals surface area contributed by atoms with Crippen LogP contribution < -0.4 is 4.18 Å². The van der Waals surface area contributed by atoms with Gasteiger partial charge in [-0.2, -0.15) is 8.42 Å². The van der Waals surface area contributed by atoms with Crippen LogP contribution in [0, 0.1) is 0 Å². The molecule has 0 aliphatic carbocycles. The molecule has 0 spiro atoms. The van der Waals surface area contributed by atoms with E-state index in [2.05, 4.69) is 0 Å². The predicted octanol–water partition coefficient (Wildman–Crippen LogP) is 1.69. The number of rotatable bonds is 6. The summed E-state index contributed by atoms with van der Waals surface area (Å²) in [5.74, 6) is -0.725. The summed E-state index contributed by atoms with van der Waals surface area (Å²) in [7, 11) is -3.56. The molecule has 0 aliphatic rings. The third-order valence-electron chi connectivity index (χ3n) is 2.87. The molecule has 1 aromatic carbocycles. The van der Waals surface area contributed by atoms with Gasteiger partial charge in [-0.1, -0.05) is 12.1 Å². The molecule has 6 nitrogen and oxygen atoms in total. The van der Waals surface area contributed by atoms with Crippen LogP contribution in [0.3, 0.4) is 0 Å². The Bertz CT molecular complexity index is 704. The molecule has 1 heterocycles. The fourth-order valence-corrected chi connectivity index (χ4v) is 2.42. The highest BCUT2D eigenvalue weighted by Gasteiger charge is 2.19. The molecule has 1 atom stereocenters. The largest absolute Gasteiger partial charge is 0.480 e. The lowest BCUT2D eigenvalue weighted by Crippen LogP contribution is -2.20. The molecule has 0 bridgehead atoms. The van der Waals surface area contributed by atoms with E-state index >= 15 is 0 Å². The maximum Gasteiger partial charge on any atom is 0.327 e. The van der Waals surface area contributed by atoms with Crippen molar-refractivity contribution in [2.24, 2.45) is 0 Å². The molecule has 2 aromatic rings. The van der Waals surface area contributed by atoms with E-state index in [0.29, 0.717) is 6.42 Å². The maximum absolute atomic E-state index is 11.3. The van der Waals surface area contributed by atoms with Crippen LogP contribution in [-0.4, -0.2) is 30.3 Å². The van der Waals surface area contributed by atoms with E-state index in [9.17, 15) is 18.3 Å². The van der Waals surface area contributed by atoms with E-state index in [1.807, 2.05) is 0 Å². The zero-order valence-corrected chi connectivity index (χ0v) is 12.2. The molecule has 0 unspecified atom stereocenters. The highest BCUT2D eigenvalue weighted by Crippen LogP contribution is 2.19. The molecular formula is C14H15NO5S. The molecule has 0 saturated carbocycles. The van der Waals surface area contributed by atoms with E-state index < -0.39 is 22.1 Å². The van der Waals surface area contributed by atoms with Crippen molar-refractivity contribution in [3.63, 3.8) is 0 Å². The molecule has 1 aromatic heterocycles. The number of hydrogen-bond donors (Lipinski definition) is 1. The van der Waals surface area contributed by atoms with E-state index in [1.54, 1.807) is 41.2 Å². The van der Waals surface area contributed by atoms with Crippen molar-refractivity contribution in [2.45, 2.75) is 12.5 Å². The van der Waals surface area contributed by atoms with E-state index in [1.165, 1.54) is 12.1 Å². The number of aromatic nitrogens is 1. The van der Waals surface area contributed by atoms with E-state index in [0.717, 1.165) is 11.8 Å². The second-order valence-corrected chi connectivity index (χ2v) is 6.19. The quantitative estimate of drug-likeness (QED) is 0.821. The number of hydrogen-bond acceptors (Lipinski definition) is 4. The summed E-state index contributed by atoms with van der Waals surface area (Å²) in [6.07, 6.45) is 4.65. The Kier molecular flexibility index (Phi) is 4.32. The van der Waals surface area contributed by atoms with Crippen LogP contribution in [0.15, 0.2) is 48.8 Å². The van der Waals surface area contributed by atoms with Crippen LogP contribution in [0.25, 0.3) is 0 Å². The fraction of sp³-hybridized carbons (Fsp3) is 0.214. The molecule has 0 saturated heterocycles. The predicted molar refractivity (Wildman–Crippen MR) is 76.7 cm³/mol. The van der Waals surface area contributed by atoms with Gasteiger partial charge in [-0.3, -0.25) is 0 Å². The lowest BCUT2D eigenvalue weighted by Gasteiger charge is -2.14. The Morgan fingerprint density at radius 2 is 1.81 bits per heavy atom. The molecule has 0 amide bonds. The minimum atomic E-state index is -3.56. The van der Waals surface area contributed by atoms with Gasteiger partial charge in [-0.05, 0) is 29.8 Å². The molecule has 2 rings (SSSR count). The van der Waals surface area contributed by atoms with Crippen molar-refractivity contribution in [3.05, 3.63) is 54.4 Å². The first-order valence-corrected chi connectivity index (χ1v) is 8.00. The fourth-order valence-electron chi connectivity index (χ4n) is 1.96. The van der Waals surface area contributed by atoms with Crippen LogP contribution in [0.5, 0.6) is 5.75 Å². The first-order valence-electron chi connectivity index (χ1n) is 6.19. The minimum Gasteiger partial charge on any atom is -0.480 e. The third-order valence-corrected chi connectivity index (χ3v) is 3.37. The first kappa shape index (κ1) is 15.1. The smallest absolute Gasteiger partial charge is 0.327 e. The van der Waals surface area contributed by atoms with E-state index in [4.69, 9.17) is 4.18 Å². The molecule has 1 N–H and O–H groups in total. The normalized spacial score (nSPS) is 12.8. The average molecular weight is 309 g/mol. The summed E-state index contributed by atoms with van der Waals surface area (Å²) < 4.78 is 28.4. The van der Waals surface area contributed by atoms with Gasteiger partial charge in [0.15, 0.2) is 0 Å². The second-order valence-electron chi connectivity index (χ2n) is 4.62. The minimum absolute atomic E-state index is 0.203. The number of benzene rings is 1. The Morgan fingerprint density at radius 3 is 2.29 bits per heavy atom. The van der Waals surface area contributed by atoms with Crippen molar-refractivity contribution in [1.29, 1.82) is 0 Å². The Labute approximate surface area is 122 Å². The number of carboxylic acids is 1. The van der Waals surface area contributed by atoms with Crippen LogP contribution in [-0.2, 0) is 21.3 Å². The van der Waals surface area contributed by atoms with Crippen molar-refractivity contribution >= 4 is 16.1 Å². The van der Waals surface area contributed by atoms with Crippen LogP contribution in [0.2, 0.25) is 0 Å². The van der Waals surface area contributed by atoms with Gasteiger partial charge in [-0.15, -0.1) is 0 Å². The summed E-state index contributed by atoms with van der Waals surface area (Å²) in [5, 5.41) is 9.29. The topological polar surface area (TPSA) is 85.6 Å². The molecule has 0 aliphatic heterocycles. The zero-order chi connectivity index (χ0) is 15.5. The molecule has 0 radical (unpaired) electrons. The summed E-state index contributed by atoms with van der Waals surface area (Å²) in [6.45, 7) is 0. The van der Waals surface area contributed by atoms with Crippen molar-refractivity contribution in [3.8, 4) is 5.75 Å². The van der Waals surface area contributed by atoms with Gasteiger partial charge in [0.1, 0.15) is 11.8 Å². The SMILES string of the molecule is CS(=O)(=O)Oc1ccc(C[C@@H](C(=O)O)n2cccc2)cc1. The zero-order valence-electron chi connectivity index (χ0n) is 11.3. The molecular weight excluding hydrogens is 294 g/mol. The van der Waals surface area contributed by atoms with Gasteiger partial charge in [0.2, 0.25) is 0 Å². The average Bonchev–Trinajstić information content (AvgIpc) is 2.89. The monoisotopic (exact) mass is 309 g/mol. The summed E-state index contributed by atoms with van der Waals surface area (Å²) in [5.41, 5.74) is 0.775. The summed E-state index contributed by atoms with van der Waals surface area (Å²) in [4.78, 5) is 11.3. The first-order chi connectivity index (χ1) is 9.85. The van der Waals surface area contributed by atoms with Crippen molar-refractivity contribution < 1.29 is 22.5 Å². The van der Waals surface area contributed by atoms with Gasteiger partial charge in [-0.25, -0.2) is 4.79 Å². The molecule has 112 valence electrons. The number of carboxylic acid groups (broad SMARTS) is 1. The van der Waals surface area contributed by atoms with Gasteiger partial charge < -0.3 is 13.9 Å². The van der Waals surface area contributed by atoms with Crippen LogP contribution >= 0.6 is 0 Å². The van der Waals surface area contributed by atoms with Gasteiger partial charge in [0, 0.05) is 18.8 Å². The molecule has 21 heavy (non-hydrogen) atoms. The Morgan fingerprint density at radius 1 is 1.24 bits per heavy atom. The summed E-state index contributed by atoms with van der Waals surface area (Å²) in [6, 6.07) is 9.13. The van der Waals surface area contributed by atoms with Gasteiger partial charge in [0.25, 0.3) is 0 Å². The van der Waals surface area contributed by atoms with Crippen molar-refractivity contribution in [2.75, 3.05) is 6.26 Å². The van der Waals surface area contributed by atoms with Crippen LogP contribution in [0.4, 0.5) is 0 Å². The summed E-state index contributed by atoms with van der Waals surface area (Å²) >= 11 is 0. The molecule has 7 heteroatoms. The second kappa shape index (κ2) is 6.01. The Balaban J connectivity index is 2.13. The molecule has 0 fully saturated rings. The lowest BCUT2D eigenvalue weighted by atomic mass is 10.1. The Hall–Kier alpha value is -2.28. The van der Waals surface area contributed by atoms with Gasteiger partial charge in [0.05, 0.1) is 6.26 Å². The van der Waals surface area contributed by atoms with E-state index in [-0.39, 0.29) is 5.75 Å². The highest BCUT2D eigenvalue weighted by atomic mass is 32.2. The number of carbonyl (C=O) groups is 1. The third kappa shape index (κ3) is 4.35. The standard InChI is InChI=1S/C14H15NO5S/c1-21(18,19)20-12-6-4-11(5-7-12)10-13(14(16)17)15-8-2-3-9-15/h2-9,13H,10H2,1H3,(H,16,17)/t13-/m0/s1. The lowest BCUT2D eigenvalue weighted by molar-refractivity contribution is -0.140.